The molecule has 0 spiro atoms. The van der Waals surface area contributed by atoms with Crippen LogP contribution < -0.4 is 0 Å². The largest absolute Gasteiger partial charge is 0.349 e. The van der Waals surface area contributed by atoms with Gasteiger partial charge in [0.1, 0.15) is 0 Å². The van der Waals surface area contributed by atoms with Gasteiger partial charge in [-0.15, -0.1) is 0 Å². The molecule has 1 N–H and O–H groups in total. The smallest absolute Gasteiger partial charge is 0.0876 e. The number of nitrogens with zero attached hydrogens (tertiary/aromatic N) is 1. The van der Waals surface area contributed by atoms with Crippen molar-refractivity contribution in [2.24, 2.45) is 0 Å². The number of rotatable bonds is 2. The van der Waals surface area contributed by atoms with E-state index >= 15 is 0 Å². The summed E-state index contributed by atoms with van der Waals surface area (Å²) in [4.78, 5) is 5.50. The minimum absolute atomic E-state index is 0.933. The minimum Gasteiger partial charge on any atom is -0.349 e. The molecule has 0 unspecified atom stereocenters. The Morgan fingerprint density at radius 3 is 2.67 bits per heavy atom. The molecule has 0 amide bonds. The molecule has 0 aliphatic heterocycles. The van der Waals surface area contributed by atoms with Crippen LogP contribution in [-0.4, -0.2) is 24.0 Å². The first kappa shape index (κ1) is 11.2. The van der Waals surface area contributed by atoms with Gasteiger partial charge in [-0.25, -0.2) is 0 Å². The summed E-state index contributed by atoms with van der Waals surface area (Å²) in [5, 5.41) is 1.28. The zero-order valence-electron chi connectivity index (χ0n) is 8.64. The number of nitrogens with one attached hydrogen (secondary N) is 1. The lowest BCUT2D eigenvalue weighted by atomic mass is 10.2. The van der Waals surface area contributed by atoms with Crippen molar-refractivity contribution >= 4 is 42.8 Å². The molecule has 0 saturated heterocycles. The monoisotopic (exact) mass is 330 g/mol. The van der Waals surface area contributed by atoms with E-state index in [0.29, 0.717) is 0 Å². The van der Waals surface area contributed by atoms with E-state index in [0.717, 1.165) is 21.1 Å². The van der Waals surface area contributed by atoms with E-state index in [2.05, 4.69) is 74.0 Å². The molecule has 0 aliphatic carbocycles. The van der Waals surface area contributed by atoms with Gasteiger partial charge in [0.2, 0.25) is 0 Å². The molecule has 1 aromatic carbocycles. The average molecular weight is 332 g/mol. The van der Waals surface area contributed by atoms with Crippen LogP contribution in [0.5, 0.6) is 0 Å². The third-order valence-electron chi connectivity index (χ3n) is 2.29. The van der Waals surface area contributed by atoms with Crippen molar-refractivity contribution in [1.29, 1.82) is 0 Å². The summed E-state index contributed by atoms with van der Waals surface area (Å²) >= 11 is 7.04. The Labute approximate surface area is 106 Å². The Balaban J connectivity index is 2.58. The van der Waals surface area contributed by atoms with Crippen molar-refractivity contribution in [2.75, 3.05) is 14.1 Å². The van der Waals surface area contributed by atoms with Crippen LogP contribution in [0.1, 0.15) is 5.56 Å². The van der Waals surface area contributed by atoms with Crippen LogP contribution in [0.2, 0.25) is 0 Å². The van der Waals surface area contributed by atoms with Gasteiger partial charge in [-0.05, 0) is 42.2 Å². The molecule has 2 aromatic rings. The summed E-state index contributed by atoms with van der Waals surface area (Å²) < 4.78 is 2.17. The molecular formula is C11H12Br2N2. The Bertz CT molecular complexity index is 489. The van der Waals surface area contributed by atoms with Crippen LogP contribution in [0.4, 0.5) is 0 Å². The third-order valence-corrected chi connectivity index (χ3v) is 3.46. The molecule has 0 aliphatic rings. The van der Waals surface area contributed by atoms with Gasteiger partial charge in [0.25, 0.3) is 0 Å². The van der Waals surface area contributed by atoms with Gasteiger partial charge >= 0.3 is 0 Å². The average Bonchev–Trinajstić information content (AvgIpc) is 2.41. The fraction of sp³-hybridized carbons (Fsp3) is 0.273. The van der Waals surface area contributed by atoms with Gasteiger partial charge in [-0.2, -0.15) is 0 Å². The topological polar surface area (TPSA) is 19.0 Å². The van der Waals surface area contributed by atoms with Gasteiger partial charge in [-0.1, -0.05) is 22.0 Å². The molecule has 0 bridgehead atoms. The number of fused-ring (bicyclic) bond motifs is 1. The van der Waals surface area contributed by atoms with Crippen molar-refractivity contribution in [2.45, 2.75) is 6.54 Å². The van der Waals surface area contributed by atoms with Gasteiger partial charge < -0.3 is 9.88 Å². The maximum Gasteiger partial charge on any atom is 0.0876 e. The van der Waals surface area contributed by atoms with Gasteiger partial charge in [0.15, 0.2) is 0 Å². The molecule has 0 atom stereocenters. The molecule has 4 heteroatoms. The highest BCUT2D eigenvalue weighted by Crippen LogP contribution is 2.29. The number of hydrogen-bond donors (Lipinski definition) is 1. The summed E-state index contributed by atoms with van der Waals surface area (Å²) in [6.07, 6.45) is 0. The number of hydrogen-bond acceptors (Lipinski definition) is 1. The number of halogens is 2. The second-order valence-electron chi connectivity index (χ2n) is 3.85. The summed E-state index contributed by atoms with van der Waals surface area (Å²) in [6, 6.07) is 6.31. The Hall–Kier alpha value is -0.320. The molecule has 2 nitrogen and oxygen atoms in total. The van der Waals surface area contributed by atoms with Crippen LogP contribution in [0.3, 0.4) is 0 Å². The minimum atomic E-state index is 0.933. The fourth-order valence-electron chi connectivity index (χ4n) is 1.67. The highest BCUT2D eigenvalue weighted by molar-refractivity contribution is 9.10. The van der Waals surface area contributed by atoms with E-state index in [1.807, 2.05) is 0 Å². The summed E-state index contributed by atoms with van der Waals surface area (Å²) in [6.45, 7) is 0.933. The standard InChI is InChI=1S/C11H12Br2N2/c1-15(2)6-9-8-4-3-7(12)5-10(8)14-11(9)13/h3-5,14H,6H2,1-2H3. The predicted octanol–water partition coefficient (Wildman–Crippen LogP) is 3.75. The first-order valence-corrected chi connectivity index (χ1v) is 6.27. The molecule has 2 rings (SSSR count). The quantitative estimate of drug-likeness (QED) is 0.887. The zero-order chi connectivity index (χ0) is 11.0. The van der Waals surface area contributed by atoms with Crippen molar-refractivity contribution < 1.29 is 0 Å². The lowest BCUT2D eigenvalue weighted by Crippen LogP contribution is -2.10. The maximum absolute atomic E-state index is 3.57. The fourth-order valence-corrected chi connectivity index (χ4v) is 2.58. The number of aromatic amines is 1. The second kappa shape index (κ2) is 4.28. The lowest BCUT2D eigenvalue weighted by Gasteiger charge is -2.08. The Morgan fingerprint density at radius 2 is 2.00 bits per heavy atom. The Kier molecular flexibility index (Phi) is 3.19. The normalized spacial score (nSPS) is 11.5. The van der Waals surface area contributed by atoms with Crippen LogP contribution >= 0.6 is 31.9 Å². The molecule has 15 heavy (non-hydrogen) atoms. The molecule has 0 saturated carbocycles. The Morgan fingerprint density at radius 1 is 1.27 bits per heavy atom. The van der Waals surface area contributed by atoms with Crippen molar-refractivity contribution in [3.05, 3.63) is 32.8 Å². The first-order chi connectivity index (χ1) is 7.08. The highest BCUT2D eigenvalue weighted by atomic mass is 79.9. The molecular weight excluding hydrogens is 320 g/mol. The van der Waals surface area contributed by atoms with Gasteiger partial charge in [-0.3, -0.25) is 0 Å². The second-order valence-corrected chi connectivity index (χ2v) is 5.55. The summed E-state index contributed by atoms with van der Waals surface area (Å²) in [5.74, 6) is 0. The first-order valence-electron chi connectivity index (χ1n) is 4.68. The molecule has 80 valence electrons. The lowest BCUT2D eigenvalue weighted by molar-refractivity contribution is 0.403. The van der Waals surface area contributed by atoms with E-state index in [9.17, 15) is 0 Å². The molecule has 1 heterocycles. The van der Waals surface area contributed by atoms with E-state index in [1.165, 1.54) is 10.9 Å². The molecule has 1 aromatic heterocycles. The highest BCUT2D eigenvalue weighted by Gasteiger charge is 2.10. The summed E-state index contributed by atoms with van der Waals surface area (Å²) in [5.41, 5.74) is 2.47. The summed E-state index contributed by atoms with van der Waals surface area (Å²) in [7, 11) is 4.15. The predicted molar refractivity (Wildman–Crippen MR) is 71.1 cm³/mol. The van der Waals surface area contributed by atoms with Crippen LogP contribution in [0, 0.1) is 0 Å². The van der Waals surface area contributed by atoms with Crippen LogP contribution in [-0.2, 0) is 6.54 Å². The van der Waals surface area contributed by atoms with E-state index in [4.69, 9.17) is 0 Å². The SMILES string of the molecule is CN(C)Cc1c(Br)[nH]c2cc(Br)ccc12. The number of benzene rings is 1. The zero-order valence-corrected chi connectivity index (χ0v) is 11.8. The molecule has 0 fully saturated rings. The maximum atomic E-state index is 3.57. The number of H-pyrrole nitrogens is 1. The van der Waals surface area contributed by atoms with E-state index < -0.39 is 0 Å². The third kappa shape index (κ3) is 2.27. The van der Waals surface area contributed by atoms with E-state index in [-0.39, 0.29) is 0 Å². The van der Waals surface area contributed by atoms with Crippen molar-refractivity contribution in [3.63, 3.8) is 0 Å². The van der Waals surface area contributed by atoms with Gasteiger partial charge in [0.05, 0.1) is 4.60 Å². The molecule has 0 radical (unpaired) electrons. The number of aromatic nitrogens is 1. The van der Waals surface area contributed by atoms with Crippen molar-refractivity contribution in [3.8, 4) is 0 Å². The van der Waals surface area contributed by atoms with Crippen LogP contribution in [0.15, 0.2) is 27.3 Å². The van der Waals surface area contributed by atoms with Gasteiger partial charge in [0, 0.05) is 27.5 Å². The van der Waals surface area contributed by atoms with Crippen molar-refractivity contribution in [1.82, 2.24) is 9.88 Å². The van der Waals surface area contributed by atoms with E-state index in [1.54, 1.807) is 0 Å². The van der Waals surface area contributed by atoms with Crippen LogP contribution in [0.25, 0.3) is 10.9 Å².